The molecule has 0 nitrogen and oxygen atoms in total. The van der Waals surface area contributed by atoms with Crippen LogP contribution in [-0.2, 0) is 196 Å². The van der Waals surface area contributed by atoms with E-state index in [-0.39, 0.29) is 196 Å². The molecule has 0 aromatic heterocycles. The Bertz CT molecular complexity index is 4.53. The summed E-state index contributed by atoms with van der Waals surface area (Å²) < 4.78 is 0. The van der Waals surface area contributed by atoms with E-state index in [4.69, 9.17) is 0 Å². The Morgan fingerprint density at radius 2 is 0.222 bits per heavy atom. The third kappa shape index (κ3) is 53.9. The SMILES string of the molecule is [Ag].[Ag].[Ag].[Ag].[Ag].[Ag].[Ag].[Ag].[Co]. The van der Waals surface area contributed by atoms with E-state index >= 15 is 0 Å². The largest absolute Gasteiger partial charge is 0 e. The van der Waals surface area contributed by atoms with E-state index in [0.717, 1.165) is 0 Å². The van der Waals surface area contributed by atoms with Gasteiger partial charge in [0.2, 0.25) is 0 Å². The fraction of sp³-hybridized carbons (Fsp3) is 0. The molecule has 0 saturated carbocycles. The van der Waals surface area contributed by atoms with Gasteiger partial charge in [-0.3, -0.25) is 0 Å². The molecule has 9 radical (unpaired) electrons. The van der Waals surface area contributed by atoms with Crippen LogP contribution in [0.25, 0.3) is 0 Å². The van der Waals surface area contributed by atoms with Gasteiger partial charge in [-0.05, 0) is 0 Å². The summed E-state index contributed by atoms with van der Waals surface area (Å²) in [5, 5.41) is 0. The predicted octanol–water partition coefficient (Wildman–Crippen LogP) is -0.0225. The Morgan fingerprint density at radius 3 is 0.222 bits per heavy atom. The maximum Gasteiger partial charge on any atom is 0 e. The zero-order valence-electron chi connectivity index (χ0n) is 2.75. The van der Waals surface area contributed by atoms with Crippen LogP contribution in [0.2, 0.25) is 0 Å². The van der Waals surface area contributed by atoms with Crippen LogP contribution in [0.5, 0.6) is 0 Å². The topological polar surface area (TPSA) is 0 Å². The van der Waals surface area contributed by atoms with Crippen LogP contribution in [0.4, 0.5) is 0 Å². The summed E-state index contributed by atoms with van der Waals surface area (Å²) in [6.07, 6.45) is 0. The van der Waals surface area contributed by atoms with E-state index in [0.29, 0.717) is 0 Å². The Balaban J connectivity index is 0. The first-order valence-corrected chi connectivity index (χ1v) is 0. The first-order chi connectivity index (χ1) is 0. The zero-order valence-corrected chi connectivity index (χ0v) is 15.6. The van der Waals surface area contributed by atoms with Gasteiger partial charge in [0.15, 0.2) is 0 Å². The molecule has 0 heterocycles. The quantitative estimate of drug-likeness (QED) is 0.301. The minimum atomic E-state index is 0. The van der Waals surface area contributed by atoms with Gasteiger partial charge in [-0.2, -0.15) is 0 Å². The van der Waals surface area contributed by atoms with E-state index in [9.17, 15) is 0 Å². The van der Waals surface area contributed by atoms with Crippen molar-refractivity contribution in [1.82, 2.24) is 0 Å². The summed E-state index contributed by atoms with van der Waals surface area (Å²) in [7, 11) is 0. The maximum atomic E-state index is 0. The molecule has 0 aliphatic rings. The van der Waals surface area contributed by atoms with E-state index in [1.54, 1.807) is 0 Å². The van der Waals surface area contributed by atoms with Gasteiger partial charge in [0, 0.05) is 196 Å². The number of hydrogen-bond donors (Lipinski definition) is 0. The van der Waals surface area contributed by atoms with Gasteiger partial charge >= 0.3 is 0 Å². The third-order valence-corrected chi connectivity index (χ3v) is 0. The predicted molar refractivity (Wildman–Crippen MR) is 0 cm³/mol. The fourth-order valence-electron chi connectivity index (χ4n) is 0. The summed E-state index contributed by atoms with van der Waals surface area (Å²) in [6, 6.07) is 0. The molecule has 0 saturated heterocycles. The van der Waals surface area contributed by atoms with E-state index in [1.165, 1.54) is 0 Å². The summed E-state index contributed by atoms with van der Waals surface area (Å²) in [5.41, 5.74) is 0. The van der Waals surface area contributed by atoms with Gasteiger partial charge in [-0.25, -0.2) is 0 Å². The van der Waals surface area contributed by atoms with Crippen LogP contribution in [0, 0.1) is 0 Å². The minimum absolute atomic E-state index is 0. The summed E-state index contributed by atoms with van der Waals surface area (Å²) in [5.74, 6) is 0. The Labute approximate surface area is 191 Å². The Morgan fingerprint density at radius 1 is 0.222 bits per heavy atom. The molecule has 0 unspecified atom stereocenters. The van der Waals surface area contributed by atoms with Crippen LogP contribution in [-0.4, -0.2) is 0 Å². The summed E-state index contributed by atoms with van der Waals surface area (Å²) >= 11 is 0. The molecular formula is Ag8Co. The van der Waals surface area contributed by atoms with Crippen molar-refractivity contribution in [3.63, 3.8) is 0 Å². The van der Waals surface area contributed by atoms with Crippen molar-refractivity contribution < 1.29 is 196 Å². The molecule has 0 spiro atoms. The van der Waals surface area contributed by atoms with Crippen molar-refractivity contribution in [2.24, 2.45) is 0 Å². The second-order valence-electron chi connectivity index (χ2n) is 0. The van der Waals surface area contributed by atoms with Crippen LogP contribution < -0.4 is 0 Å². The molecule has 0 bridgehead atoms. The van der Waals surface area contributed by atoms with Crippen LogP contribution in [0.3, 0.4) is 0 Å². The zero-order chi connectivity index (χ0) is 0. The molecule has 0 amide bonds. The number of rotatable bonds is 0. The molecule has 0 aliphatic carbocycles. The molecule has 0 aliphatic heterocycles. The maximum absolute atomic E-state index is 0. The van der Waals surface area contributed by atoms with Crippen molar-refractivity contribution in [2.75, 3.05) is 0 Å². The first-order valence-electron chi connectivity index (χ1n) is 0. The average molecular weight is 922 g/mol. The molecule has 0 atom stereocenters. The Kier molecular flexibility index (Phi) is 544. The smallest absolute Gasteiger partial charge is 0 e. The normalized spacial score (nSPS) is 0. The van der Waals surface area contributed by atoms with Crippen molar-refractivity contribution in [1.29, 1.82) is 0 Å². The Hall–Kier alpha value is 6.43. The molecule has 0 rings (SSSR count). The summed E-state index contributed by atoms with van der Waals surface area (Å²) in [6.45, 7) is 0. The van der Waals surface area contributed by atoms with E-state index < -0.39 is 0 Å². The molecule has 0 aromatic carbocycles. The van der Waals surface area contributed by atoms with E-state index in [2.05, 4.69) is 0 Å². The molecule has 0 aromatic rings. The first kappa shape index (κ1) is 77.7. The van der Waals surface area contributed by atoms with Gasteiger partial charge in [-0.1, -0.05) is 0 Å². The van der Waals surface area contributed by atoms with E-state index in [1.807, 2.05) is 0 Å². The van der Waals surface area contributed by atoms with Crippen molar-refractivity contribution >= 4 is 0 Å². The molecule has 0 N–H and O–H groups in total. The molecule has 9 heavy (non-hydrogen) atoms. The van der Waals surface area contributed by atoms with Crippen LogP contribution in [0.15, 0.2) is 0 Å². The third-order valence-electron chi connectivity index (χ3n) is 0. The summed E-state index contributed by atoms with van der Waals surface area (Å²) in [4.78, 5) is 0. The van der Waals surface area contributed by atoms with Crippen LogP contribution in [0.1, 0.15) is 0 Å². The second kappa shape index (κ2) is 63.0. The molecule has 0 fully saturated rings. The van der Waals surface area contributed by atoms with Crippen molar-refractivity contribution in [3.8, 4) is 0 Å². The van der Waals surface area contributed by atoms with Crippen molar-refractivity contribution in [2.45, 2.75) is 0 Å². The fourth-order valence-corrected chi connectivity index (χ4v) is 0. The number of hydrogen-bond acceptors (Lipinski definition) is 0. The minimum Gasteiger partial charge on any atom is 0 e. The van der Waals surface area contributed by atoms with Gasteiger partial charge in [0.1, 0.15) is 0 Å². The standard InChI is InChI=1S/8Ag.Co. The van der Waals surface area contributed by atoms with Gasteiger partial charge < -0.3 is 0 Å². The van der Waals surface area contributed by atoms with Crippen LogP contribution >= 0.6 is 0 Å². The average Bonchev–Trinajstić information content (AvgIpc) is 0. The van der Waals surface area contributed by atoms with Gasteiger partial charge in [0.25, 0.3) is 0 Å². The molecule has 97 valence electrons. The monoisotopic (exact) mass is 914 g/mol. The van der Waals surface area contributed by atoms with Crippen molar-refractivity contribution in [3.05, 3.63) is 0 Å². The molecular weight excluding hydrogens is 922 g/mol. The molecule has 9 heteroatoms. The van der Waals surface area contributed by atoms with Gasteiger partial charge in [0.05, 0.1) is 0 Å². The van der Waals surface area contributed by atoms with Gasteiger partial charge in [-0.15, -0.1) is 0 Å². The second-order valence-corrected chi connectivity index (χ2v) is 0.